The third kappa shape index (κ3) is 1.80. The summed E-state index contributed by atoms with van der Waals surface area (Å²) in [5.74, 6) is 2.00. The van der Waals surface area contributed by atoms with Gasteiger partial charge in [-0.05, 0) is 43.4 Å². The van der Waals surface area contributed by atoms with Crippen LogP contribution in [0.25, 0.3) is 0 Å². The molecule has 0 heterocycles. The maximum Gasteiger partial charge on any atom is 0.0856 e. The predicted octanol–water partition coefficient (Wildman–Crippen LogP) is 2.75. The summed E-state index contributed by atoms with van der Waals surface area (Å²) in [6.07, 6.45) is 8.93. The molecule has 0 amide bonds. The van der Waals surface area contributed by atoms with E-state index in [4.69, 9.17) is 0 Å². The molecule has 0 aliphatic heterocycles. The lowest BCUT2D eigenvalue weighted by Gasteiger charge is -2.32. The van der Waals surface area contributed by atoms with Crippen molar-refractivity contribution < 1.29 is 5.11 Å². The minimum atomic E-state index is -0.425. The molecule has 2 unspecified atom stereocenters. The van der Waals surface area contributed by atoms with Crippen LogP contribution in [-0.4, -0.2) is 10.7 Å². The van der Waals surface area contributed by atoms with E-state index in [-0.39, 0.29) is 0 Å². The molecule has 0 aromatic carbocycles. The third-order valence-corrected chi connectivity index (χ3v) is 3.65. The van der Waals surface area contributed by atoms with Gasteiger partial charge in [-0.15, -0.1) is 0 Å². The minimum Gasteiger partial charge on any atom is -0.386 e. The molecule has 2 aliphatic rings. The average Bonchev–Trinajstić information content (AvgIpc) is 2.87. The van der Waals surface area contributed by atoms with Crippen molar-refractivity contribution in [1.82, 2.24) is 0 Å². The maximum atomic E-state index is 10.2. The number of hydrogen-bond donors (Lipinski definition) is 1. The molecule has 0 radical (unpaired) electrons. The third-order valence-electron chi connectivity index (χ3n) is 3.65. The molecule has 0 aromatic rings. The van der Waals surface area contributed by atoms with E-state index in [2.05, 4.69) is 26.0 Å². The van der Waals surface area contributed by atoms with E-state index < -0.39 is 5.60 Å². The van der Waals surface area contributed by atoms with Gasteiger partial charge >= 0.3 is 0 Å². The highest BCUT2D eigenvalue weighted by Crippen LogP contribution is 2.46. The zero-order valence-electron chi connectivity index (χ0n) is 8.66. The van der Waals surface area contributed by atoms with Crippen LogP contribution >= 0.6 is 0 Å². The Balaban J connectivity index is 2.02. The second-order valence-corrected chi connectivity index (χ2v) is 5.07. The SMILES string of the molecule is CC(C)C1C=CC(O)(C2CC2)CC1. The van der Waals surface area contributed by atoms with Gasteiger partial charge in [0.25, 0.3) is 0 Å². The van der Waals surface area contributed by atoms with E-state index in [1.165, 1.54) is 19.3 Å². The highest BCUT2D eigenvalue weighted by molar-refractivity contribution is 5.13. The van der Waals surface area contributed by atoms with Gasteiger partial charge in [0.15, 0.2) is 0 Å². The van der Waals surface area contributed by atoms with Crippen molar-refractivity contribution in [2.24, 2.45) is 17.8 Å². The van der Waals surface area contributed by atoms with Crippen LogP contribution in [0.2, 0.25) is 0 Å². The molecule has 0 saturated heterocycles. The van der Waals surface area contributed by atoms with Crippen LogP contribution in [0.5, 0.6) is 0 Å². The van der Waals surface area contributed by atoms with Gasteiger partial charge in [0, 0.05) is 0 Å². The second kappa shape index (κ2) is 3.13. The van der Waals surface area contributed by atoms with E-state index in [0.29, 0.717) is 11.8 Å². The van der Waals surface area contributed by atoms with Crippen molar-refractivity contribution in [3.8, 4) is 0 Å². The second-order valence-electron chi connectivity index (χ2n) is 5.07. The number of hydrogen-bond acceptors (Lipinski definition) is 1. The summed E-state index contributed by atoms with van der Waals surface area (Å²) in [4.78, 5) is 0. The zero-order valence-corrected chi connectivity index (χ0v) is 8.66. The lowest BCUT2D eigenvalue weighted by molar-refractivity contribution is 0.0437. The molecule has 1 heteroatoms. The largest absolute Gasteiger partial charge is 0.386 e. The van der Waals surface area contributed by atoms with E-state index in [1.54, 1.807) is 0 Å². The van der Waals surface area contributed by atoms with E-state index in [0.717, 1.165) is 12.3 Å². The Hall–Kier alpha value is -0.300. The highest BCUT2D eigenvalue weighted by Gasteiger charge is 2.43. The number of rotatable bonds is 2. The fourth-order valence-electron chi connectivity index (χ4n) is 2.35. The summed E-state index contributed by atoms with van der Waals surface area (Å²) in [5.41, 5.74) is -0.425. The maximum absolute atomic E-state index is 10.2. The van der Waals surface area contributed by atoms with Crippen molar-refractivity contribution in [2.75, 3.05) is 0 Å². The van der Waals surface area contributed by atoms with E-state index in [9.17, 15) is 5.11 Å². The molecule has 0 spiro atoms. The molecule has 1 saturated carbocycles. The molecule has 1 nitrogen and oxygen atoms in total. The fourth-order valence-corrected chi connectivity index (χ4v) is 2.35. The van der Waals surface area contributed by atoms with Gasteiger partial charge in [0.05, 0.1) is 5.60 Å². The first kappa shape index (κ1) is 9.26. The molecular formula is C12H20O. The molecule has 1 N–H and O–H groups in total. The molecule has 2 atom stereocenters. The monoisotopic (exact) mass is 180 g/mol. The summed E-state index contributed by atoms with van der Waals surface area (Å²) in [6.45, 7) is 4.52. The Morgan fingerprint density at radius 3 is 2.38 bits per heavy atom. The van der Waals surface area contributed by atoms with Crippen LogP contribution < -0.4 is 0 Å². The summed E-state index contributed by atoms with van der Waals surface area (Å²) >= 11 is 0. The molecule has 0 bridgehead atoms. The first-order valence-corrected chi connectivity index (χ1v) is 5.53. The van der Waals surface area contributed by atoms with Crippen molar-refractivity contribution in [3.05, 3.63) is 12.2 Å². The quantitative estimate of drug-likeness (QED) is 0.648. The minimum absolute atomic E-state index is 0.425. The summed E-state index contributed by atoms with van der Waals surface area (Å²) in [5, 5.41) is 10.2. The Bertz CT molecular complexity index is 215. The summed E-state index contributed by atoms with van der Waals surface area (Å²) in [6, 6.07) is 0. The first-order chi connectivity index (χ1) is 6.12. The van der Waals surface area contributed by atoms with E-state index >= 15 is 0 Å². The Morgan fingerprint density at radius 2 is 2.00 bits per heavy atom. The molecule has 0 aromatic heterocycles. The smallest absolute Gasteiger partial charge is 0.0856 e. The molecule has 13 heavy (non-hydrogen) atoms. The highest BCUT2D eigenvalue weighted by atomic mass is 16.3. The summed E-state index contributed by atoms with van der Waals surface area (Å²) in [7, 11) is 0. The van der Waals surface area contributed by atoms with Gasteiger partial charge in [-0.25, -0.2) is 0 Å². The van der Waals surface area contributed by atoms with Gasteiger partial charge in [-0.3, -0.25) is 0 Å². The Kier molecular flexibility index (Phi) is 2.23. The van der Waals surface area contributed by atoms with Gasteiger partial charge in [-0.1, -0.05) is 26.0 Å². The van der Waals surface area contributed by atoms with Crippen molar-refractivity contribution >= 4 is 0 Å². The van der Waals surface area contributed by atoms with Crippen LogP contribution in [0.1, 0.15) is 39.5 Å². The zero-order chi connectivity index (χ0) is 9.47. The molecule has 74 valence electrons. The van der Waals surface area contributed by atoms with Gasteiger partial charge in [-0.2, -0.15) is 0 Å². The van der Waals surface area contributed by atoms with Crippen molar-refractivity contribution in [2.45, 2.75) is 45.1 Å². The van der Waals surface area contributed by atoms with Crippen molar-refractivity contribution in [1.29, 1.82) is 0 Å². The number of aliphatic hydroxyl groups is 1. The lowest BCUT2D eigenvalue weighted by Crippen LogP contribution is -2.33. The average molecular weight is 180 g/mol. The summed E-state index contributed by atoms with van der Waals surface area (Å²) < 4.78 is 0. The van der Waals surface area contributed by atoms with Crippen LogP contribution in [0.4, 0.5) is 0 Å². The first-order valence-electron chi connectivity index (χ1n) is 5.53. The molecular weight excluding hydrogens is 160 g/mol. The topological polar surface area (TPSA) is 20.2 Å². The molecule has 2 rings (SSSR count). The fraction of sp³-hybridized carbons (Fsp3) is 0.833. The van der Waals surface area contributed by atoms with Crippen molar-refractivity contribution in [3.63, 3.8) is 0 Å². The van der Waals surface area contributed by atoms with Crippen LogP contribution in [0, 0.1) is 17.8 Å². The van der Waals surface area contributed by atoms with E-state index in [1.807, 2.05) is 0 Å². The van der Waals surface area contributed by atoms with Gasteiger partial charge in [0.1, 0.15) is 0 Å². The predicted molar refractivity (Wildman–Crippen MR) is 54.4 cm³/mol. The lowest BCUT2D eigenvalue weighted by atomic mass is 9.78. The van der Waals surface area contributed by atoms with Crippen LogP contribution in [0.15, 0.2) is 12.2 Å². The normalized spacial score (nSPS) is 39.8. The Morgan fingerprint density at radius 1 is 1.31 bits per heavy atom. The molecule has 2 aliphatic carbocycles. The van der Waals surface area contributed by atoms with Gasteiger partial charge < -0.3 is 5.11 Å². The molecule has 1 fully saturated rings. The van der Waals surface area contributed by atoms with Crippen LogP contribution in [-0.2, 0) is 0 Å². The standard InChI is InChI=1S/C12H20O/c1-9(2)10-5-7-12(13,8-6-10)11-3-4-11/h5,7,9-11,13H,3-4,6,8H2,1-2H3. The van der Waals surface area contributed by atoms with Crippen LogP contribution in [0.3, 0.4) is 0 Å². The number of allylic oxidation sites excluding steroid dienone is 1. The Labute approximate surface area is 80.8 Å². The van der Waals surface area contributed by atoms with Gasteiger partial charge in [0.2, 0.25) is 0 Å².